The molecule has 1 aromatic heterocycles. The maximum atomic E-state index is 15.2. The average molecular weight is 521 g/mol. The fourth-order valence-corrected chi connectivity index (χ4v) is 6.62. The summed E-state index contributed by atoms with van der Waals surface area (Å²) in [5, 5.41) is 4.71. The molecule has 0 saturated heterocycles. The van der Waals surface area contributed by atoms with E-state index in [2.05, 4.69) is 28.0 Å². The Morgan fingerprint density at radius 3 is 2.74 bits per heavy atom. The van der Waals surface area contributed by atoms with Crippen LogP contribution in [0, 0.1) is 19.7 Å². The first-order chi connectivity index (χ1) is 16.6. The number of hydrogen-bond donors (Lipinski definition) is 2. The fourth-order valence-electron chi connectivity index (χ4n) is 4.54. The Morgan fingerprint density at radius 2 is 2.09 bits per heavy atom. The summed E-state index contributed by atoms with van der Waals surface area (Å²) in [5.74, 6) is 4.17. The number of pyridine rings is 1. The van der Waals surface area contributed by atoms with E-state index >= 15 is 4.39 Å². The lowest BCUT2D eigenvalue weighted by Gasteiger charge is -2.44. The van der Waals surface area contributed by atoms with Crippen molar-refractivity contribution in [3.8, 4) is 0 Å². The molecule has 0 saturated carbocycles. The van der Waals surface area contributed by atoms with Crippen LogP contribution in [0.2, 0.25) is 5.15 Å². The molecular formula is C24H30ClFN6O2S. The summed E-state index contributed by atoms with van der Waals surface area (Å²) in [6.45, 7) is 8.71. The van der Waals surface area contributed by atoms with E-state index in [0.29, 0.717) is 47.3 Å². The lowest BCUT2D eigenvalue weighted by atomic mass is 9.89. The summed E-state index contributed by atoms with van der Waals surface area (Å²) in [5.41, 5.74) is 13.0. The fraction of sp³-hybridized carbons (Fsp3) is 0.375. The molecule has 0 radical (unpaired) electrons. The van der Waals surface area contributed by atoms with Crippen molar-refractivity contribution < 1.29 is 13.3 Å². The predicted octanol–water partition coefficient (Wildman–Crippen LogP) is 3.14. The number of nitrogens with zero attached hydrogens (tertiary/aromatic N) is 4. The number of anilines is 1. The highest BCUT2D eigenvalue weighted by atomic mass is 35.5. The number of benzene rings is 1. The van der Waals surface area contributed by atoms with E-state index in [0.717, 1.165) is 11.1 Å². The minimum absolute atomic E-state index is 0.155. The molecule has 3 atom stereocenters. The second kappa shape index (κ2) is 9.87. The Hall–Kier alpha value is -2.50. The predicted molar refractivity (Wildman–Crippen MR) is 140 cm³/mol. The quantitative estimate of drug-likeness (QED) is 0.430. The number of methoxy groups -OCH3 is 1. The van der Waals surface area contributed by atoms with Gasteiger partial charge in [0.25, 0.3) is 0 Å². The van der Waals surface area contributed by atoms with Crippen LogP contribution >= 0.6 is 11.6 Å². The van der Waals surface area contributed by atoms with Gasteiger partial charge in [0.2, 0.25) is 0 Å². The van der Waals surface area contributed by atoms with E-state index in [1.165, 1.54) is 6.07 Å². The SMILES string of the molecule is C=C1CC(C(C(N)c2c(F)ccc(C)c2C)N2CN(CCOC)c3nc(Cl)ccc3S2(=C)=O)=NN1. The van der Waals surface area contributed by atoms with Crippen LogP contribution in [-0.2, 0) is 14.4 Å². The molecule has 0 fully saturated rings. The van der Waals surface area contributed by atoms with Gasteiger partial charge < -0.3 is 15.4 Å². The topological polar surface area (TPSA) is 96.1 Å². The zero-order valence-corrected chi connectivity index (χ0v) is 21.6. The standard InChI is InChI=1S/C24H30ClFN6O2S/c1-14-6-7-17(26)21(16(14)3)22(27)23(18-12-15(2)29-30-18)32-13-31(10-11-34-4)24-19(35(32,5)33)8-9-20(25)28-24/h6-9,22-23,29H,2,5,10-13,27H2,1,3-4H3. The number of halogens is 2. The Morgan fingerprint density at radius 1 is 1.34 bits per heavy atom. The van der Waals surface area contributed by atoms with Crippen molar-refractivity contribution in [2.75, 3.05) is 31.8 Å². The summed E-state index contributed by atoms with van der Waals surface area (Å²) >= 11 is 6.17. The summed E-state index contributed by atoms with van der Waals surface area (Å²) in [6, 6.07) is 4.76. The molecule has 3 heterocycles. The molecule has 0 bridgehead atoms. The van der Waals surface area contributed by atoms with Gasteiger partial charge in [-0.3, -0.25) is 5.43 Å². The molecular weight excluding hydrogens is 491 g/mol. The molecule has 2 aliphatic heterocycles. The first-order valence-corrected chi connectivity index (χ1v) is 13.2. The van der Waals surface area contributed by atoms with Gasteiger partial charge in [-0.05, 0) is 49.0 Å². The van der Waals surface area contributed by atoms with Crippen LogP contribution in [0.3, 0.4) is 0 Å². The first kappa shape index (κ1) is 25.6. The van der Waals surface area contributed by atoms with Crippen molar-refractivity contribution >= 4 is 38.7 Å². The number of aryl methyl sites for hydroxylation is 1. The van der Waals surface area contributed by atoms with Gasteiger partial charge in [-0.1, -0.05) is 24.2 Å². The Labute approximate surface area is 210 Å². The van der Waals surface area contributed by atoms with Crippen LogP contribution in [0.5, 0.6) is 0 Å². The van der Waals surface area contributed by atoms with Crippen LogP contribution in [0.25, 0.3) is 0 Å². The molecule has 3 unspecified atom stereocenters. The second-order valence-electron chi connectivity index (χ2n) is 8.78. The third-order valence-corrected chi connectivity index (χ3v) is 8.83. The van der Waals surface area contributed by atoms with Gasteiger partial charge in [0.1, 0.15) is 16.8 Å². The average Bonchev–Trinajstić information content (AvgIpc) is 3.23. The van der Waals surface area contributed by atoms with Crippen LogP contribution in [0.4, 0.5) is 10.2 Å². The molecule has 35 heavy (non-hydrogen) atoms. The molecule has 2 aliphatic rings. The lowest BCUT2D eigenvalue weighted by molar-refractivity contribution is 0.201. The van der Waals surface area contributed by atoms with E-state index in [-0.39, 0.29) is 11.8 Å². The molecule has 0 amide bonds. The maximum Gasteiger partial charge on any atom is 0.148 e. The van der Waals surface area contributed by atoms with Crippen LogP contribution in [0.15, 0.2) is 46.5 Å². The van der Waals surface area contributed by atoms with Crippen molar-refractivity contribution in [2.45, 2.75) is 37.2 Å². The number of fused-ring (bicyclic) bond motifs is 1. The lowest BCUT2D eigenvalue weighted by Crippen LogP contribution is -2.57. The zero-order chi connectivity index (χ0) is 25.5. The first-order valence-electron chi connectivity index (χ1n) is 11.1. The summed E-state index contributed by atoms with van der Waals surface area (Å²) in [7, 11) is -1.51. The number of hydrazone groups is 1. The number of nitrogens with two attached hydrogens (primary N) is 1. The second-order valence-corrected chi connectivity index (χ2v) is 11.4. The van der Waals surface area contributed by atoms with Gasteiger partial charge in [-0.2, -0.15) is 9.41 Å². The van der Waals surface area contributed by atoms with Gasteiger partial charge in [0.15, 0.2) is 0 Å². The Bertz CT molecular complexity index is 1300. The van der Waals surface area contributed by atoms with Crippen molar-refractivity contribution in [1.82, 2.24) is 14.7 Å². The van der Waals surface area contributed by atoms with E-state index in [9.17, 15) is 4.21 Å². The molecule has 1 aromatic carbocycles. The molecule has 4 rings (SSSR count). The minimum atomic E-state index is -3.11. The highest BCUT2D eigenvalue weighted by Crippen LogP contribution is 2.38. The molecule has 0 spiro atoms. The van der Waals surface area contributed by atoms with Crippen LogP contribution in [0.1, 0.15) is 29.2 Å². The van der Waals surface area contributed by atoms with Gasteiger partial charge in [0.05, 0.1) is 45.7 Å². The Kier molecular flexibility index (Phi) is 7.21. The number of ether oxygens (including phenoxy) is 1. The summed E-state index contributed by atoms with van der Waals surface area (Å²) < 4.78 is 36.5. The summed E-state index contributed by atoms with van der Waals surface area (Å²) in [4.78, 5) is 6.77. The smallest absolute Gasteiger partial charge is 0.148 e. The molecule has 11 heteroatoms. The molecule has 0 aliphatic carbocycles. The number of rotatable bonds is 7. The molecule has 8 nitrogen and oxygen atoms in total. The zero-order valence-electron chi connectivity index (χ0n) is 20.1. The van der Waals surface area contributed by atoms with Gasteiger partial charge in [0, 0.05) is 31.3 Å². The van der Waals surface area contributed by atoms with Crippen molar-refractivity contribution in [1.29, 1.82) is 0 Å². The normalized spacial score (nSPS) is 21.9. The summed E-state index contributed by atoms with van der Waals surface area (Å²) in [6.07, 6.45) is 0.390. The minimum Gasteiger partial charge on any atom is -0.383 e. The van der Waals surface area contributed by atoms with E-state index in [1.54, 1.807) is 29.6 Å². The highest BCUT2D eigenvalue weighted by molar-refractivity contribution is 7.98. The van der Waals surface area contributed by atoms with E-state index in [4.69, 9.17) is 22.1 Å². The maximum absolute atomic E-state index is 15.2. The van der Waals surface area contributed by atoms with Crippen molar-refractivity contribution in [3.05, 3.63) is 64.2 Å². The van der Waals surface area contributed by atoms with Crippen LogP contribution in [-0.4, -0.2) is 58.1 Å². The van der Waals surface area contributed by atoms with Gasteiger partial charge in [-0.25, -0.2) is 13.6 Å². The molecule has 3 N–H and O–H groups in total. The molecule has 188 valence electrons. The Balaban J connectivity index is 1.88. The highest BCUT2D eigenvalue weighted by Gasteiger charge is 2.43. The van der Waals surface area contributed by atoms with Gasteiger partial charge >= 0.3 is 0 Å². The largest absolute Gasteiger partial charge is 0.383 e. The molecule has 2 aromatic rings. The number of nitrogens with one attached hydrogen (secondary N) is 1. The van der Waals surface area contributed by atoms with Crippen molar-refractivity contribution in [2.24, 2.45) is 10.8 Å². The van der Waals surface area contributed by atoms with E-state index in [1.807, 2.05) is 18.7 Å². The van der Waals surface area contributed by atoms with Crippen molar-refractivity contribution in [3.63, 3.8) is 0 Å². The third-order valence-electron chi connectivity index (χ3n) is 6.51. The number of aromatic nitrogens is 1. The third kappa shape index (κ3) is 4.68. The number of hydrogen-bond acceptors (Lipinski definition) is 7. The van der Waals surface area contributed by atoms with Crippen LogP contribution < -0.4 is 16.1 Å². The monoisotopic (exact) mass is 520 g/mol. The number of allylic oxidation sites excluding steroid dienone is 1. The van der Waals surface area contributed by atoms with Gasteiger partial charge in [-0.15, -0.1) is 0 Å². The van der Waals surface area contributed by atoms with E-state index < -0.39 is 27.6 Å².